The summed E-state index contributed by atoms with van der Waals surface area (Å²) in [5.74, 6) is -9.39. The van der Waals surface area contributed by atoms with E-state index in [0.29, 0.717) is 21.9 Å². The Labute approximate surface area is 208 Å². The number of hydrogen-bond acceptors (Lipinski definition) is 4. The number of aryl methyl sites for hydroxylation is 1. The van der Waals surface area contributed by atoms with Crippen LogP contribution in [0.1, 0.15) is 23.0 Å². The number of carbonyl (C=O) groups excluding carboxylic acids is 2. The summed E-state index contributed by atoms with van der Waals surface area (Å²) in [6, 6.07) is 13.8. The number of fused-ring (bicyclic) bond motifs is 1. The van der Waals surface area contributed by atoms with E-state index in [1.165, 1.54) is 7.05 Å². The van der Waals surface area contributed by atoms with E-state index in [1.54, 1.807) is 41.7 Å². The van der Waals surface area contributed by atoms with Gasteiger partial charge in [0, 0.05) is 24.1 Å². The summed E-state index contributed by atoms with van der Waals surface area (Å²) in [5, 5.41) is 2.53. The van der Waals surface area contributed by atoms with Gasteiger partial charge in [-0.2, -0.15) is 0 Å². The van der Waals surface area contributed by atoms with Crippen molar-refractivity contribution in [3.63, 3.8) is 0 Å². The van der Waals surface area contributed by atoms with E-state index < -0.39 is 52.5 Å². The van der Waals surface area contributed by atoms with Gasteiger partial charge in [-0.15, -0.1) is 0 Å². The Balaban J connectivity index is 1.74. The second-order valence-electron chi connectivity index (χ2n) is 8.38. The third-order valence-electron chi connectivity index (χ3n) is 5.85. The van der Waals surface area contributed by atoms with Gasteiger partial charge in [-0.25, -0.2) is 22.4 Å². The first-order valence-electron chi connectivity index (χ1n) is 11.0. The molecule has 6 nitrogen and oxygen atoms in total. The molecule has 4 aromatic rings. The van der Waals surface area contributed by atoms with Crippen LogP contribution in [-0.2, 0) is 16.6 Å². The largest absolute Gasteiger partial charge is 0.448 e. The average Bonchev–Trinajstić information content (AvgIpc) is 2.87. The van der Waals surface area contributed by atoms with Crippen LogP contribution < -0.4 is 10.9 Å². The molecule has 0 aliphatic rings. The van der Waals surface area contributed by atoms with E-state index >= 15 is 0 Å². The Kier molecular flexibility index (Phi) is 6.84. The molecule has 37 heavy (non-hydrogen) atoms. The Hall–Kier alpha value is -4.47. The molecule has 1 heterocycles. The molecule has 0 spiro atoms. The van der Waals surface area contributed by atoms with Crippen molar-refractivity contribution in [2.45, 2.75) is 20.0 Å². The van der Waals surface area contributed by atoms with Gasteiger partial charge >= 0.3 is 5.97 Å². The number of pyridine rings is 1. The Morgan fingerprint density at radius 1 is 0.919 bits per heavy atom. The van der Waals surface area contributed by atoms with E-state index in [1.807, 2.05) is 19.1 Å². The van der Waals surface area contributed by atoms with Crippen molar-refractivity contribution in [3.05, 3.63) is 99.5 Å². The van der Waals surface area contributed by atoms with Crippen molar-refractivity contribution >= 4 is 28.3 Å². The summed E-state index contributed by atoms with van der Waals surface area (Å²) in [7, 11) is 1.37. The molecular weight excluding hydrogens is 492 g/mol. The van der Waals surface area contributed by atoms with Crippen molar-refractivity contribution in [2.75, 3.05) is 5.32 Å². The molecule has 1 unspecified atom stereocenters. The second kappa shape index (κ2) is 9.88. The summed E-state index contributed by atoms with van der Waals surface area (Å²) < 4.78 is 61.2. The van der Waals surface area contributed by atoms with Crippen molar-refractivity contribution in [1.29, 1.82) is 0 Å². The number of aromatic nitrogens is 1. The predicted molar refractivity (Wildman–Crippen MR) is 129 cm³/mol. The smallest absolute Gasteiger partial charge is 0.356 e. The fourth-order valence-electron chi connectivity index (χ4n) is 3.89. The lowest BCUT2D eigenvalue weighted by atomic mass is 9.96. The number of anilines is 1. The maximum atomic E-state index is 14.0. The van der Waals surface area contributed by atoms with Gasteiger partial charge in [0.15, 0.2) is 29.4 Å². The highest BCUT2D eigenvalue weighted by Crippen LogP contribution is 2.31. The Morgan fingerprint density at radius 2 is 1.49 bits per heavy atom. The molecule has 1 N–H and O–H groups in total. The van der Waals surface area contributed by atoms with Crippen molar-refractivity contribution in [1.82, 2.24) is 4.57 Å². The summed E-state index contributed by atoms with van der Waals surface area (Å²) >= 11 is 0. The predicted octanol–water partition coefficient (Wildman–Crippen LogP) is 5.25. The summed E-state index contributed by atoms with van der Waals surface area (Å²) in [6.45, 7) is 2.98. The van der Waals surface area contributed by atoms with Gasteiger partial charge in [-0.05, 0) is 30.9 Å². The molecule has 0 fully saturated rings. The van der Waals surface area contributed by atoms with Gasteiger partial charge in [-0.1, -0.05) is 48.0 Å². The van der Waals surface area contributed by atoms with Crippen LogP contribution in [0.15, 0.2) is 59.4 Å². The van der Waals surface area contributed by atoms with Crippen LogP contribution in [0.3, 0.4) is 0 Å². The topological polar surface area (TPSA) is 77.4 Å². The number of esters is 1. The Morgan fingerprint density at radius 3 is 2.08 bits per heavy atom. The lowest BCUT2D eigenvalue weighted by Gasteiger charge is -2.19. The summed E-state index contributed by atoms with van der Waals surface area (Å²) in [6.07, 6.45) is -1.66. The first-order chi connectivity index (χ1) is 17.5. The standard InChI is InChI=1S/C27H20F4N2O4/c1-13-8-10-15(11-9-13)20-16-6-4-5-7-17(16)26(35)33(3)24(20)27(36)37-14(2)25(34)32-23-21(30)18(28)12-19(29)22(23)31/h4-12,14H,1-3H3,(H,32,34). The number of rotatable bonds is 5. The number of amides is 1. The first-order valence-corrected chi connectivity index (χ1v) is 11.0. The SMILES string of the molecule is Cc1ccc(-c2c(C(=O)OC(C)C(=O)Nc3c(F)c(F)cc(F)c3F)n(C)c(=O)c3ccccc23)cc1. The fraction of sp³-hybridized carbons (Fsp3) is 0.148. The Bertz CT molecular complexity index is 1590. The normalized spacial score (nSPS) is 11.9. The van der Waals surface area contributed by atoms with Crippen molar-refractivity contribution < 1.29 is 31.9 Å². The molecule has 0 saturated carbocycles. The molecule has 0 aliphatic carbocycles. The summed E-state index contributed by atoms with van der Waals surface area (Å²) in [4.78, 5) is 38.8. The quantitative estimate of drug-likeness (QED) is 0.225. The second-order valence-corrected chi connectivity index (χ2v) is 8.38. The zero-order valence-corrected chi connectivity index (χ0v) is 19.9. The van der Waals surface area contributed by atoms with Crippen LogP contribution in [0.2, 0.25) is 0 Å². The maximum absolute atomic E-state index is 14.0. The molecule has 1 amide bonds. The van der Waals surface area contributed by atoms with Crippen LogP contribution >= 0.6 is 0 Å². The zero-order chi connectivity index (χ0) is 27.0. The van der Waals surface area contributed by atoms with Gasteiger partial charge in [0.2, 0.25) is 0 Å². The molecule has 0 radical (unpaired) electrons. The maximum Gasteiger partial charge on any atom is 0.356 e. The highest BCUT2D eigenvalue weighted by molar-refractivity contribution is 6.07. The number of nitrogens with zero attached hydrogens (tertiary/aromatic N) is 1. The van der Waals surface area contributed by atoms with Crippen LogP contribution in [0, 0.1) is 30.2 Å². The van der Waals surface area contributed by atoms with E-state index in [4.69, 9.17) is 4.74 Å². The van der Waals surface area contributed by atoms with E-state index in [9.17, 15) is 31.9 Å². The minimum Gasteiger partial charge on any atom is -0.448 e. The van der Waals surface area contributed by atoms with Crippen molar-refractivity contribution in [2.24, 2.45) is 7.05 Å². The number of carbonyl (C=O) groups is 2. The third-order valence-corrected chi connectivity index (χ3v) is 5.85. The first kappa shape index (κ1) is 25.6. The summed E-state index contributed by atoms with van der Waals surface area (Å²) in [5.41, 5.74) is -0.0823. The monoisotopic (exact) mass is 512 g/mol. The molecule has 3 aromatic carbocycles. The number of ether oxygens (including phenoxy) is 1. The molecular formula is C27H20F4N2O4. The van der Waals surface area contributed by atoms with Crippen LogP contribution in [0.4, 0.5) is 23.2 Å². The van der Waals surface area contributed by atoms with E-state index in [-0.39, 0.29) is 11.8 Å². The molecule has 190 valence electrons. The third kappa shape index (κ3) is 4.69. The lowest BCUT2D eigenvalue weighted by molar-refractivity contribution is -0.123. The van der Waals surface area contributed by atoms with E-state index in [2.05, 4.69) is 0 Å². The highest BCUT2D eigenvalue weighted by Gasteiger charge is 2.28. The van der Waals surface area contributed by atoms with Gasteiger partial charge in [0.1, 0.15) is 11.4 Å². The number of halogens is 4. The van der Waals surface area contributed by atoms with Crippen LogP contribution in [0.25, 0.3) is 21.9 Å². The lowest BCUT2D eigenvalue weighted by Crippen LogP contribution is -2.33. The molecule has 1 atom stereocenters. The van der Waals surface area contributed by atoms with Gasteiger partial charge in [0.05, 0.1) is 0 Å². The molecule has 0 aliphatic heterocycles. The van der Waals surface area contributed by atoms with Gasteiger partial charge in [0.25, 0.3) is 11.5 Å². The fourth-order valence-corrected chi connectivity index (χ4v) is 3.89. The number of nitrogens with one attached hydrogen (secondary N) is 1. The van der Waals surface area contributed by atoms with Gasteiger partial charge in [-0.3, -0.25) is 9.59 Å². The number of benzene rings is 3. The van der Waals surface area contributed by atoms with Crippen molar-refractivity contribution in [3.8, 4) is 11.1 Å². The van der Waals surface area contributed by atoms with Crippen LogP contribution in [0.5, 0.6) is 0 Å². The van der Waals surface area contributed by atoms with E-state index in [0.717, 1.165) is 17.1 Å². The minimum absolute atomic E-state index is 0.00336. The average molecular weight is 512 g/mol. The van der Waals surface area contributed by atoms with Gasteiger partial charge < -0.3 is 14.6 Å². The zero-order valence-electron chi connectivity index (χ0n) is 19.9. The highest BCUT2D eigenvalue weighted by atomic mass is 19.2. The minimum atomic E-state index is -1.82. The molecule has 0 saturated heterocycles. The molecule has 4 rings (SSSR count). The van der Waals surface area contributed by atoms with Crippen LogP contribution in [-0.4, -0.2) is 22.5 Å². The number of hydrogen-bond donors (Lipinski definition) is 1. The molecule has 10 heteroatoms. The molecule has 0 bridgehead atoms. The molecule has 1 aromatic heterocycles.